The lowest BCUT2D eigenvalue weighted by atomic mass is 10.1. The number of rotatable bonds is 2. The summed E-state index contributed by atoms with van der Waals surface area (Å²) in [7, 11) is 1.66. The topological polar surface area (TPSA) is 50.4 Å². The Morgan fingerprint density at radius 2 is 2.22 bits per heavy atom. The Labute approximate surface area is 109 Å². The average Bonchev–Trinajstić information content (AvgIpc) is 2.81. The first-order valence-electron chi connectivity index (χ1n) is 5.86. The van der Waals surface area contributed by atoms with Crippen LogP contribution < -0.4 is 15.4 Å². The molecule has 0 spiro atoms. The van der Waals surface area contributed by atoms with Gasteiger partial charge in [-0.25, -0.2) is 0 Å². The summed E-state index contributed by atoms with van der Waals surface area (Å²) in [6.45, 7) is 1.52. The number of nitrogens with one attached hydrogen (secondary N) is 2. The number of hydrogen-bond acceptors (Lipinski definition) is 4. The van der Waals surface area contributed by atoms with E-state index >= 15 is 0 Å². The van der Waals surface area contributed by atoms with E-state index in [1.54, 1.807) is 18.4 Å². The Kier molecular flexibility index (Phi) is 2.93. The Bertz CT molecular complexity index is 594. The zero-order valence-electron chi connectivity index (χ0n) is 10.0. The van der Waals surface area contributed by atoms with Crippen molar-refractivity contribution in [3.05, 3.63) is 29.1 Å². The molecule has 5 heteroatoms. The number of hydrogen-bond donors (Lipinski definition) is 2. The lowest BCUT2D eigenvalue weighted by Gasteiger charge is -2.22. The van der Waals surface area contributed by atoms with Crippen LogP contribution in [0.4, 0.5) is 0 Å². The molecular formula is C13H14N2O2S. The molecule has 94 valence electrons. The van der Waals surface area contributed by atoms with Crippen molar-refractivity contribution in [1.82, 2.24) is 10.6 Å². The maximum absolute atomic E-state index is 11.8. The largest absolute Gasteiger partial charge is 0.497 e. The van der Waals surface area contributed by atoms with Crippen LogP contribution in [0.5, 0.6) is 5.75 Å². The smallest absolute Gasteiger partial charge is 0.242 e. The molecule has 2 heterocycles. The molecule has 0 aliphatic carbocycles. The van der Waals surface area contributed by atoms with Gasteiger partial charge in [-0.05, 0) is 29.7 Å². The summed E-state index contributed by atoms with van der Waals surface area (Å²) in [6.07, 6.45) is 0. The SMILES string of the molecule is COc1ccc2cc(C3NCCNC3=O)sc2c1. The first-order chi connectivity index (χ1) is 8.78. The van der Waals surface area contributed by atoms with Crippen molar-refractivity contribution in [1.29, 1.82) is 0 Å². The van der Waals surface area contributed by atoms with Gasteiger partial charge < -0.3 is 10.1 Å². The van der Waals surface area contributed by atoms with Crippen LogP contribution in [0, 0.1) is 0 Å². The highest BCUT2D eigenvalue weighted by Gasteiger charge is 2.24. The van der Waals surface area contributed by atoms with Crippen molar-refractivity contribution in [2.24, 2.45) is 0 Å². The summed E-state index contributed by atoms with van der Waals surface area (Å²) in [5.41, 5.74) is 0. The van der Waals surface area contributed by atoms with E-state index in [1.165, 1.54) is 0 Å². The van der Waals surface area contributed by atoms with Crippen molar-refractivity contribution < 1.29 is 9.53 Å². The van der Waals surface area contributed by atoms with Crippen LogP contribution in [0.25, 0.3) is 10.1 Å². The van der Waals surface area contributed by atoms with Gasteiger partial charge in [0.2, 0.25) is 5.91 Å². The van der Waals surface area contributed by atoms with E-state index < -0.39 is 0 Å². The van der Waals surface area contributed by atoms with E-state index in [-0.39, 0.29) is 11.9 Å². The van der Waals surface area contributed by atoms with E-state index in [0.29, 0.717) is 6.54 Å². The maximum atomic E-state index is 11.8. The molecule has 1 saturated heterocycles. The minimum Gasteiger partial charge on any atom is -0.497 e. The summed E-state index contributed by atoms with van der Waals surface area (Å²) in [6, 6.07) is 7.82. The molecule has 3 rings (SSSR count). The van der Waals surface area contributed by atoms with E-state index in [2.05, 4.69) is 16.7 Å². The third-order valence-corrected chi connectivity index (χ3v) is 4.23. The molecule has 4 nitrogen and oxygen atoms in total. The summed E-state index contributed by atoms with van der Waals surface area (Å²) < 4.78 is 6.35. The number of amides is 1. The summed E-state index contributed by atoms with van der Waals surface area (Å²) in [4.78, 5) is 12.9. The number of fused-ring (bicyclic) bond motifs is 1. The number of carbonyl (C=O) groups excluding carboxylic acids is 1. The summed E-state index contributed by atoms with van der Waals surface area (Å²) in [5, 5.41) is 7.27. The van der Waals surface area contributed by atoms with Gasteiger partial charge in [0.25, 0.3) is 0 Å². The van der Waals surface area contributed by atoms with Crippen LogP contribution >= 0.6 is 11.3 Å². The fraction of sp³-hybridized carbons (Fsp3) is 0.308. The van der Waals surface area contributed by atoms with Gasteiger partial charge in [-0.15, -0.1) is 11.3 Å². The van der Waals surface area contributed by atoms with E-state index in [0.717, 1.165) is 27.3 Å². The third kappa shape index (κ3) is 1.95. The average molecular weight is 262 g/mol. The zero-order chi connectivity index (χ0) is 12.5. The molecule has 1 aromatic heterocycles. The van der Waals surface area contributed by atoms with Gasteiger partial charge in [0, 0.05) is 22.7 Å². The molecule has 1 aromatic carbocycles. The minimum absolute atomic E-state index is 0.0553. The Morgan fingerprint density at radius 1 is 1.33 bits per heavy atom. The molecule has 1 aliphatic heterocycles. The third-order valence-electron chi connectivity index (χ3n) is 3.07. The number of methoxy groups -OCH3 is 1. The second kappa shape index (κ2) is 4.59. The molecular weight excluding hydrogens is 248 g/mol. The second-order valence-electron chi connectivity index (χ2n) is 4.23. The number of piperazine rings is 1. The van der Waals surface area contributed by atoms with Crippen molar-refractivity contribution >= 4 is 27.3 Å². The first kappa shape index (κ1) is 11.5. The maximum Gasteiger partial charge on any atom is 0.242 e. The Balaban J connectivity index is 1.99. The Hall–Kier alpha value is -1.59. The number of ether oxygens (including phenoxy) is 1. The second-order valence-corrected chi connectivity index (χ2v) is 5.35. The van der Waals surface area contributed by atoms with Crippen LogP contribution in [-0.2, 0) is 4.79 Å². The van der Waals surface area contributed by atoms with Crippen LogP contribution in [0.1, 0.15) is 10.9 Å². The van der Waals surface area contributed by atoms with Crippen molar-refractivity contribution in [3.63, 3.8) is 0 Å². The summed E-state index contributed by atoms with van der Waals surface area (Å²) in [5.74, 6) is 0.900. The predicted molar refractivity (Wildman–Crippen MR) is 72.1 cm³/mol. The molecule has 0 bridgehead atoms. The van der Waals surface area contributed by atoms with Crippen LogP contribution in [0.2, 0.25) is 0 Å². The predicted octanol–water partition coefficient (Wildman–Crippen LogP) is 1.67. The quantitative estimate of drug-likeness (QED) is 0.865. The molecule has 1 atom stereocenters. The van der Waals surface area contributed by atoms with Gasteiger partial charge in [0.15, 0.2) is 0 Å². The highest BCUT2D eigenvalue weighted by molar-refractivity contribution is 7.19. The molecule has 1 fully saturated rings. The van der Waals surface area contributed by atoms with Gasteiger partial charge in [-0.2, -0.15) is 0 Å². The normalized spacial score (nSPS) is 19.8. The molecule has 1 amide bonds. The van der Waals surface area contributed by atoms with E-state index in [9.17, 15) is 4.79 Å². The highest BCUT2D eigenvalue weighted by atomic mass is 32.1. The monoisotopic (exact) mass is 262 g/mol. The van der Waals surface area contributed by atoms with Crippen molar-refractivity contribution in [2.75, 3.05) is 20.2 Å². The molecule has 18 heavy (non-hydrogen) atoms. The molecule has 2 N–H and O–H groups in total. The van der Waals surface area contributed by atoms with Crippen molar-refractivity contribution in [3.8, 4) is 5.75 Å². The highest BCUT2D eigenvalue weighted by Crippen LogP contribution is 2.32. The Morgan fingerprint density at radius 3 is 3.00 bits per heavy atom. The van der Waals surface area contributed by atoms with Crippen LogP contribution in [-0.4, -0.2) is 26.1 Å². The van der Waals surface area contributed by atoms with E-state index in [1.807, 2.05) is 18.2 Å². The minimum atomic E-state index is -0.220. The van der Waals surface area contributed by atoms with Gasteiger partial charge >= 0.3 is 0 Å². The standard InChI is InChI=1S/C13H14N2O2S/c1-17-9-3-2-8-6-11(18-10(8)7-9)12-13(16)15-5-4-14-12/h2-3,6-7,12,14H,4-5H2,1H3,(H,15,16). The first-order valence-corrected chi connectivity index (χ1v) is 6.68. The molecule has 0 radical (unpaired) electrons. The lowest BCUT2D eigenvalue weighted by Crippen LogP contribution is -2.46. The molecule has 2 aromatic rings. The van der Waals surface area contributed by atoms with Gasteiger partial charge in [-0.1, -0.05) is 0 Å². The van der Waals surface area contributed by atoms with E-state index in [4.69, 9.17) is 4.74 Å². The zero-order valence-corrected chi connectivity index (χ0v) is 10.8. The number of benzene rings is 1. The number of carbonyl (C=O) groups is 1. The van der Waals surface area contributed by atoms with Gasteiger partial charge in [-0.3, -0.25) is 10.1 Å². The molecule has 0 saturated carbocycles. The van der Waals surface area contributed by atoms with Gasteiger partial charge in [0.05, 0.1) is 7.11 Å². The summed E-state index contributed by atoms with van der Waals surface area (Å²) >= 11 is 1.63. The fourth-order valence-electron chi connectivity index (χ4n) is 2.13. The van der Waals surface area contributed by atoms with Crippen LogP contribution in [0.15, 0.2) is 24.3 Å². The van der Waals surface area contributed by atoms with Crippen molar-refractivity contribution in [2.45, 2.75) is 6.04 Å². The number of thiophene rings is 1. The lowest BCUT2D eigenvalue weighted by molar-refractivity contribution is -0.124. The molecule has 1 unspecified atom stereocenters. The van der Waals surface area contributed by atoms with Gasteiger partial charge in [0.1, 0.15) is 11.8 Å². The van der Waals surface area contributed by atoms with Crippen LogP contribution in [0.3, 0.4) is 0 Å². The fourth-order valence-corrected chi connectivity index (χ4v) is 3.30. The molecule has 1 aliphatic rings.